The van der Waals surface area contributed by atoms with Crippen LogP contribution in [0.2, 0.25) is 0 Å². The van der Waals surface area contributed by atoms with Crippen molar-refractivity contribution in [3.63, 3.8) is 0 Å². The van der Waals surface area contributed by atoms with Crippen molar-refractivity contribution in [2.75, 3.05) is 7.05 Å². The highest BCUT2D eigenvalue weighted by Gasteiger charge is 2.14. The first-order valence-electron chi connectivity index (χ1n) is 4.70. The van der Waals surface area contributed by atoms with Gasteiger partial charge in [0.25, 0.3) is 0 Å². The maximum atomic E-state index is 3.32. The lowest BCUT2D eigenvalue weighted by molar-refractivity contribution is 0.344. The van der Waals surface area contributed by atoms with Crippen molar-refractivity contribution >= 4 is 0 Å². The standard InChI is InChI=1S/C10H23N/c1-6-9(2)7-8-10(3,4)11-5/h9,11H,6-8H2,1-5H3. The van der Waals surface area contributed by atoms with E-state index in [1.54, 1.807) is 0 Å². The molecule has 0 aromatic carbocycles. The molecule has 0 radical (unpaired) electrons. The topological polar surface area (TPSA) is 12.0 Å². The fourth-order valence-electron chi connectivity index (χ4n) is 0.936. The fraction of sp³-hybridized carbons (Fsp3) is 1.00. The van der Waals surface area contributed by atoms with Gasteiger partial charge in [-0.3, -0.25) is 0 Å². The summed E-state index contributed by atoms with van der Waals surface area (Å²) in [4.78, 5) is 0. The smallest absolute Gasteiger partial charge is 0.0122 e. The Morgan fingerprint density at radius 3 is 2.27 bits per heavy atom. The molecule has 0 aliphatic heterocycles. The second-order valence-electron chi connectivity index (χ2n) is 4.19. The minimum Gasteiger partial charge on any atom is -0.315 e. The van der Waals surface area contributed by atoms with Crippen LogP contribution in [-0.4, -0.2) is 12.6 Å². The second kappa shape index (κ2) is 4.76. The molecule has 0 rings (SSSR count). The zero-order valence-corrected chi connectivity index (χ0v) is 8.70. The van der Waals surface area contributed by atoms with Gasteiger partial charge in [-0.15, -0.1) is 0 Å². The summed E-state index contributed by atoms with van der Waals surface area (Å²) >= 11 is 0. The number of nitrogens with one attached hydrogen (secondary N) is 1. The highest BCUT2D eigenvalue weighted by atomic mass is 14.9. The van der Waals surface area contributed by atoms with Crippen LogP contribution < -0.4 is 5.32 Å². The zero-order valence-electron chi connectivity index (χ0n) is 8.70. The largest absolute Gasteiger partial charge is 0.315 e. The van der Waals surface area contributed by atoms with Crippen molar-refractivity contribution in [3.8, 4) is 0 Å². The van der Waals surface area contributed by atoms with Crippen molar-refractivity contribution < 1.29 is 0 Å². The Labute approximate surface area is 71.6 Å². The van der Waals surface area contributed by atoms with Gasteiger partial charge in [-0.2, -0.15) is 0 Å². The number of rotatable bonds is 5. The molecular formula is C10H23N. The van der Waals surface area contributed by atoms with Crippen molar-refractivity contribution in [1.29, 1.82) is 0 Å². The Balaban J connectivity index is 3.52. The molecule has 0 spiro atoms. The third-order valence-corrected chi connectivity index (χ3v) is 2.64. The molecule has 11 heavy (non-hydrogen) atoms. The van der Waals surface area contributed by atoms with Crippen LogP contribution >= 0.6 is 0 Å². The Kier molecular flexibility index (Phi) is 4.74. The first-order valence-corrected chi connectivity index (χ1v) is 4.70. The molecule has 0 aromatic rings. The molecule has 0 heterocycles. The quantitative estimate of drug-likeness (QED) is 0.647. The first kappa shape index (κ1) is 11.0. The maximum Gasteiger partial charge on any atom is 0.0122 e. The SMILES string of the molecule is CCC(C)CCC(C)(C)NC. The average Bonchev–Trinajstić information content (AvgIpc) is 2.00. The summed E-state index contributed by atoms with van der Waals surface area (Å²) < 4.78 is 0. The minimum absolute atomic E-state index is 0.323. The van der Waals surface area contributed by atoms with Gasteiger partial charge in [-0.05, 0) is 39.7 Å². The maximum absolute atomic E-state index is 3.32. The predicted molar refractivity (Wildman–Crippen MR) is 51.8 cm³/mol. The molecule has 1 nitrogen and oxygen atoms in total. The molecule has 0 bridgehead atoms. The Bertz CT molecular complexity index is 97.0. The van der Waals surface area contributed by atoms with E-state index in [-0.39, 0.29) is 0 Å². The molecule has 1 unspecified atom stereocenters. The van der Waals surface area contributed by atoms with Gasteiger partial charge in [0, 0.05) is 5.54 Å². The minimum atomic E-state index is 0.323. The van der Waals surface area contributed by atoms with E-state index >= 15 is 0 Å². The van der Waals surface area contributed by atoms with Gasteiger partial charge in [0.1, 0.15) is 0 Å². The van der Waals surface area contributed by atoms with Crippen LogP contribution in [0.15, 0.2) is 0 Å². The summed E-state index contributed by atoms with van der Waals surface area (Å²) in [5.41, 5.74) is 0.323. The molecule has 0 aliphatic carbocycles. The monoisotopic (exact) mass is 157 g/mol. The Morgan fingerprint density at radius 1 is 1.36 bits per heavy atom. The van der Waals surface area contributed by atoms with Gasteiger partial charge in [-0.25, -0.2) is 0 Å². The van der Waals surface area contributed by atoms with Gasteiger partial charge in [0.2, 0.25) is 0 Å². The summed E-state index contributed by atoms with van der Waals surface area (Å²) in [6.07, 6.45) is 3.92. The average molecular weight is 157 g/mol. The van der Waals surface area contributed by atoms with Crippen molar-refractivity contribution in [2.24, 2.45) is 5.92 Å². The second-order valence-corrected chi connectivity index (χ2v) is 4.19. The highest BCUT2D eigenvalue weighted by molar-refractivity contribution is 4.75. The van der Waals surface area contributed by atoms with E-state index < -0.39 is 0 Å². The van der Waals surface area contributed by atoms with Crippen LogP contribution in [0.25, 0.3) is 0 Å². The van der Waals surface area contributed by atoms with Gasteiger partial charge in [-0.1, -0.05) is 20.3 Å². The molecule has 1 atom stereocenters. The van der Waals surface area contributed by atoms with Crippen LogP contribution in [0.5, 0.6) is 0 Å². The first-order chi connectivity index (χ1) is 5.02. The lowest BCUT2D eigenvalue weighted by atomic mass is 9.92. The van der Waals surface area contributed by atoms with Crippen LogP contribution in [0.1, 0.15) is 47.0 Å². The molecule has 0 aromatic heterocycles. The highest BCUT2D eigenvalue weighted by Crippen LogP contribution is 2.17. The summed E-state index contributed by atoms with van der Waals surface area (Å²) in [6, 6.07) is 0. The van der Waals surface area contributed by atoms with Crippen LogP contribution in [0.3, 0.4) is 0 Å². The molecule has 1 heteroatoms. The Hall–Kier alpha value is -0.0400. The molecule has 68 valence electrons. The van der Waals surface area contributed by atoms with E-state index in [4.69, 9.17) is 0 Å². The van der Waals surface area contributed by atoms with Crippen molar-refractivity contribution in [1.82, 2.24) is 5.32 Å². The molecular weight excluding hydrogens is 134 g/mol. The van der Waals surface area contributed by atoms with Crippen LogP contribution in [0.4, 0.5) is 0 Å². The normalized spacial score (nSPS) is 15.0. The van der Waals surface area contributed by atoms with E-state index in [0.717, 1.165) is 5.92 Å². The van der Waals surface area contributed by atoms with Gasteiger partial charge < -0.3 is 5.32 Å². The molecule has 1 N–H and O–H groups in total. The van der Waals surface area contributed by atoms with Crippen molar-refractivity contribution in [3.05, 3.63) is 0 Å². The van der Waals surface area contributed by atoms with E-state index in [1.165, 1.54) is 19.3 Å². The van der Waals surface area contributed by atoms with Crippen molar-refractivity contribution in [2.45, 2.75) is 52.5 Å². The lowest BCUT2D eigenvalue weighted by Gasteiger charge is -2.25. The summed E-state index contributed by atoms with van der Waals surface area (Å²) in [5, 5.41) is 3.32. The van der Waals surface area contributed by atoms with Crippen LogP contribution in [0, 0.1) is 5.92 Å². The third-order valence-electron chi connectivity index (χ3n) is 2.64. The predicted octanol–water partition coefficient (Wildman–Crippen LogP) is 2.81. The molecule has 0 aliphatic rings. The molecule has 0 saturated heterocycles. The summed E-state index contributed by atoms with van der Waals surface area (Å²) in [7, 11) is 2.04. The zero-order chi connectivity index (χ0) is 8.91. The summed E-state index contributed by atoms with van der Waals surface area (Å²) in [5.74, 6) is 0.877. The van der Waals surface area contributed by atoms with E-state index in [1.807, 2.05) is 7.05 Å². The lowest BCUT2D eigenvalue weighted by Crippen LogP contribution is -2.36. The summed E-state index contributed by atoms with van der Waals surface area (Å²) in [6.45, 7) is 9.10. The number of hydrogen-bond donors (Lipinski definition) is 1. The van der Waals surface area contributed by atoms with E-state index in [9.17, 15) is 0 Å². The Morgan fingerprint density at radius 2 is 1.91 bits per heavy atom. The van der Waals surface area contributed by atoms with Gasteiger partial charge in [0.05, 0.1) is 0 Å². The van der Waals surface area contributed by atoms with Gasteiger partial charge in [0.15, 0.2) is 0 Å². The fourth-order valence-corrected chi connectivity index (χ4v) is 0.936. The third kappa shape index (κ3) is 5.25. The van der Waals surface area contributed by atoms with Gasteiger partial charge >= 0.3 is 0 Å². The van der Waals surface area contributed by atoms with E-state index in [2.05, 4.69) is 33.0 Å². The number of hydrogen-bond acceptors (Lipinski definition) is 1. The molecule has 0 amide bonds. The van der Waals surface area contributed by atoms with Crippen LogP contribution in [-0.2, 0) is 0 Å². The molecule has 0 fully saturated rings. The molecule has 0 saturated carbocycles. The van der Waals surface area contributed by atoms with E-state index in [0.29, 0.717) is 5.54 Å².